The van der Waals surface area contributed by atoms with E-state index >= 15 is 0 Å². The van der Waals surface area contributed by atoms with Crippen LogP contribution in [0.4, 0.5) is 5.69 Å². The van der Waals surface area contributed by atoms with Crippen LogP contribution in [0.2, 0.25) is 5.02 Å². The van der Waals surface area contributed by atoms with Crippen LogP contribution in [0, 0.1) is 5.92 Å². The molecule has 0 spiro atoms. The second-order valence-electron chi connectivity index (χ2n) is 6.54. The molecule has 3 aromatic rings. The van der Waals surface area contributed by atoms with E-state index in [4.69, 9.17) is 11.6 Å². The Morgan fingerprint density at radius 2 is 2.00 bits per heavy atom. The SMILES string of the molecule is O=C(Nc1cccc2[nH]ccc12)C1CC(=O)N(Cc2ccc(Cl)cc2)C1. The molecule has 0 saturated carbocycles. The Balaban J connectivity index is 1.43. The molecule has 1 aromatic heterocycles. The zero-order valence-corrected chi connectivity index (χ0v) is 14.8. The summed E-state index contributed by atoms with van der Waals surface area (Å²) in [5.74, 6) is -0.463. The van der Waals surface area contributed by atoms with Crippen LogP contribution in [-0.4, -0.2) is 28.2 Å². The van der Waals surface area contributed by atoms with Crippen molar-refractivity contribution in [1.29, 1.82) is 0 Å². The first-order valence-electron chi connectivity index (χ1n) is 8.49. The molecule has 6 heteroatoms. The lowest BCUT2D eigenvalue weighted by atomic mass is 10.1. The lowest BCUT2D eigenvalue weighted by molar-refractivity contribution is -0.128. The molecule has 2 N–H and O–H groups in total. The Morgan fingerprint density at radius 3 is 2.81 bits per heavy atom. The number of rotatable bonds is 4. The molecule has 0 bridgehead atoms. The quantitative estimate of drug-likeness (QED) is 0.736. The summed E-state index contributed by atoms with van der Waals surface area (Å²) < 4.78 is 0. The number of benzene rings is 2. The number of fused-ring (bicyclic) bond motifs is 1. The standard InChI is InChI=1S/C20H18ClN3O2/c21-15-6-4-13(5-7-15)11-24-12-14(10-19(24)25)20(26)23-18-3-1-2-17-16(18)8-9-22-17/h1-9,14,22H,10-12H2,(H,23,26). The number of hydrogen-bond acceptors (Lipinski definition) is 2. The van der Waals surface area contributed by atoms with Gasteiger partial charge in [0, 0.05) is 41.6 Å². The van der Waals surface area contributed by atoms with E-state index in [-0.39, 0.29) is 24.2 Å². The molecule has 2 aromatic carbocycles. The van der Waals surface area contributed by atoms with Crippen molar-refractivity contribution in [2.75, 3.05) is 11.9 Å². The molecule has 1 unspecified atom stereocenters. The zero-order valence-electron chi connectivity index (χ0n) is 14.0. The van der Waals surface area contributed by atoms with Gasteiger partial charge in [0.05, 0.1) is 11.6 Å². The molecular formula is C20H18ClN3O2. The Bertz CT molecular complexity index is 965. The molecule has 2 heterocycles. The Hall–Kier alpha value is -2.79. The van der Waals surface area contributed by atoms with Gasteiger partial charge in [-0.3, -0.25) is 9.59 Å². The van der Waals surface area contributed by atoms with Crippen molar-refractivity contribution in [1.82, 2.24) is 9.88 Å². The second kappa shape index (κ2) is 6.84. The number of anilines is 1. The smallest absolute Gasteiger partial charge is 0.229 e. The minimum absolute atomic E-state index is 0.0000435. The van der Waals surface area contributed by atoms with Crippen LogP contribution in [0.15, 0.2) is 54.7 Å². The van der Waals surface area contributed by atoms with E-state index in [1.165, 1.54) is 0 Å². The van der Waals surface area contributed by atoms with Crippen molar-refractivity contribution in [3.05, 3.63) is 65.3 Å². The lowest BCUT2D eigenvalue weighted by Gasteiger charge is -2.17. The number of nitrogens with zero attached hydrogens (tertiary/aromatic N) is 1. The van der Waals surface area contributed by atoms with Crippen molar-refractivity contribution in [3.63, 3.8) is 0 Å². The summed E-state index contributed by atoms with van der Waals surface area (Å²) in [6.45, 7) is 0.920. The number of hydrogen-bond donors (Lipinski definition) is 2. The normalized spacial score (nSPS) is 17.0. The zero-order chi connectivity index (χ0) is 18.1. The fourth-order valence-electron chi connectivity index (χ4n) is 3.34. The monoisotopic (exact) mass is 367 g/mol. The molecule has 1 atom stereocenters. The van der Waals surface area contributed by atoms with Crippen LogP contribution >= 0.6 is 11.6 Å². The molecule has 0 radical (unpaired) electrons. The fourth-order valence-corrected chi connectivity index (χ4v) is 3.47. The average Bonchev–Trinajstić information content (AvgIpc) is 3.25. The van der Waals surface area contributed by atoms with Gasteiger partial charge in [-0.2, -0.15) is 0 Å². The maximum absolute atomic E-state index is 12.7. The van der Waals surface area contributed by atoms with E-state index in [9.17, 15) is 9.59 Å². The highest BCUT2D eigenvalue weighted by Gasteiger charge is 2.34. The van der Waals surface area contributed by atoms with Crippen molar-refractivity contribution in [2.24, 2.45) is 5.92 Å². The summed E-state index contributed by atoms with van der Waals surface area (Å²) in [4.78, 5) is 29.8. The summed E-state index contributed by atoms with van der Waals surface area (Å²) in [5, 5.41) is 4.60. The number of carbonyl (C=O) groups excluding carboxylic acids is 2. The topological polar surface area (TPSA) is 65.2 Å². The minimum atomic E-state index is -0.344. The van der Waals surface area contributed by atoms with E-state index in [0.29, 0.717) is 18.1 Å². The van der Waals surface area contributed by atoms with E-state index < -0.39 is 0 Å². The fraction of sp³-hybridized carbons (Fsp3) is 0.200. The van der Waals surface area contributed by atoms with E-state index in [1.54, 1.807) is 17.0 Å². The van der Waals surface area contributed by atoms with Gasteiger partial charge in [0.2, 0.25) is 11.8 Å². The highest BCUT2D eigenvalue weighted by atomic mass is 35.5. The predicted octanol–water partition coefficient (Wildman–Crippen LogP) is 3.81. The number of amides is 2. The largest absolute Gasteiger partial charge is 0.361 e. The highest BCUT2D eigenvalue weighted by molar-refractivity contribution is 6.30. The molecule has 1 aliphatic heterocycles. The maximum atomic E-state index is 12.7. The van der Waals surface area contributed by atoms with Crippen LogP contribution in [0.5, 0.6) is 0 Å². The van der Waals surface area contributed by atoms with Gasteiger partial charge >= 0.3 is 0 Å². The molecule has 4 rings (SSSR count). The van der Waals surface area contributed by atoms with Crippen LogP contribution in [0.1, 0.15) is 12.0 Å². The van der Waals surface area contributed by atoms with Gasteiger partial charge in [-0.05, 0) is 35.9 Å². The predicted molar refractivity (Wildman–Crippen MR) is 102 cm³/mol. The minimum Gasteiger partial charge on any atom is -0.361 e. The molecule has 1 saturated heterocycles. The number of aromatic nitrogens is 1. The molecule has 1 aliphatic rings. The Labute approximate surface area is 155 Å². The van der Waals surface area contributed by atoms with E-state index in [0.717, 1.165) is 22.2 Å². The molecule has 5 nitrogen and oxygen atoms in total. The number of halogens is 1. The van der Waals surface area contributed by atoms with Crippen molar-refractivity contribution in [3.8, 4) is 0 Å². The lowest BCUT2D eigenvalue weighted by Crippen LogP contribution is -2.28. The Kier molecular flexibility index (Phi) is 4.39. The second-order valence-corrected chi connectivity index (χ2v) is 6.97. The van der Waals surface area contributed by atoms with Crippen molar-refractivity contribution < 1.29 is 9.59 Å². The van der Waals surface area contributed by atoms with Gasteiger partial charge in [0.25, 0.3) is 0 Å². The number of H-pyrrole nitrogens is 1. The summed E-state index contributed by atoms with van der Waals surface area (Å²) in [6, 6.07) is 15.1. The summed E-state index contributed by atoms with van der Waals surface area (Å²) in [7, 11) is 0. The van der Waals surface area contributed by atoms with Crippen molar-refractivity contribution >= 4 is 40.0 Å². The number of likely N-dealkylation sites (tertiary alicyclic amines) is 1. The van der Waals surface area contributed by atoms with Crippen LogP contribution in [0.25, 0.3) is 10.9 Å². The van der Waals surface area contributed by atoms with Crippen LogP contribution in [0.3, 0.4) is 0 Å². The third kappa shape index (κ3) is 3.30. The molecule has 132 valence electrons. The molecule has 26 heavy (non-hydrogen) atoms. The summed E-state index contributed by atoms with van der Waals surface area (Å²) in [6.07, 6.45) is 2.08. The average molecular weight is 368 g/mol. The van der Waals surface area contributed by atoms with Crippen LogP contribution in [-0.2, 0) is 16.1 Å². The summed E-state index contributed by atoms with van der Waals surface area (Å²) in [5.41, 5.74) is 2.73. The van der Waals surface area contributed by atoms with Gasteiger partial charge in [0.15, 0.2) is 0 Å². The number of nitrogens with one attached hydrogen (secondary N) is 2. The molecule has 2 amide bonds. The van der Waals surface area contributed by atoms with Gasteiger partial charge in [-0.1, -0.05) is 29.8 Å². The first-order valence-corrected chi connectivity index (χ1v) is 8.87. The molecule has 1 fully saturated rings. The molecule has 0 aliphatic carbocycles. The first kappa shape index (κ1) is 16.7. The van der Waals surface area contributed by atoms with E-state index in [2.05, 4.69) is 10.3 Å². The van der Waals surface area contributed by atoms with Gasteiger partial charge < -0.3 is 15.2 Å². The molecular weight excluding hydrogens is 350 g/mol. The number of carbonyl (C=O) groups is 2. The number of aromatic amines is 1. The Morgan fingerprint density at radius 1 is 1.19 bits per heavy atom. The van der Waals surface area contributed by atoms with Gasteiger partial charge in [-0.15, -0.1) is 0 Å². The maximum Gasteiger partial charge on any atom is 0.229 e. The third-order valence-electron chi connectivity index (χ3n) is 4.72. The van der Waals surface area contributed by atoms with Gasteiger partial charge in [-0.25, -0.2) is 0 Å². The highest BCUT2D eigenvalue weighted by Crippen LogP contribution is 2.26. The van der Waals surface area contributed by atoms with Gasteiger partial charge in [0.1, 0.15) is 0 Å². The van der Waals surface area contributed by atoms with Crippen molar-refractivity contribution in [2.45, 2.75) is 13.0 Å². The van der Waals surface area contributed by atoms with E-state index in [1.807, 2.05) is 42.6 Å². The summed E-state index contributed by atoms with van der Waals surface area (Å²) >= 11 is 5.90. The van der Waals surface area contributed by atoms with Crippen LogP contribution < -0.4 is 5.32 Å². The third-order valence-corrected chi connectivity index (χ3v) is 4.98. The first-order chi connectivity index (χ1) is 12.6.